The lowest BCUT2D eigenvalue weighted by Gasteiger charge is -2.18. The number of rotatable bonds is 4. The fourth-order valence-corrected chi connectivity index (χ4v) is 2.15. The Morgan fingerprint density at radius 2 is 2.18 bits per heavy atom. The molecule has 4 nitrogen and oxygen atoms in total. The van der Waals surface area contributed by atoms with Gasteiger partial charge in [0.15, 0.2) is 6.29 Å². The smallest absolute Gasteiger partial charge is 0.197 e. The molecule has 0 fully saturated rings. The minimum Gasteiger partial charge on any atom is -0.363 e. The van der Waals surface area contributed by atoms with Gasteiger partial charge in [0.25, 0.3) is 0 Å². The summed E-state index contributed by atoms with van der Waals surface area (Å²) in [6, 6.07) is 4.01. The number of hydrogen-bond acceptors (Lipinski definition) is 5. The second-order valence-electron chi connectivity index (χ2n) is 4.15. The Balaban J connectivity index is 3.24. The number of aliphatic hydroxyl groups excluding tert-OH is 1. The van der Waals surface area contributed by atoms with Gasteiger partial charge in [0.05, 0.1) is 11.5 Å². The quantitative estimate of drug-likeness (QED) is 0.633. The first-order valence-corrected chi connectivity index (χ1v) is 6.31. The SMILES string of the molecule is CCSc1cc(C(C)(C)C#N)cnc1C(O)O. The zero-order valence-electron chi connectivity index (χ0n) is 10.1. The molecule has 92 valence electrons. The molecule has 1 rings (SSSR count). The van der Waals surface area contributed by atoms with Crippen LogP contribution in [-0.2, 0) is 5.41 Å². The molecule has 2 N–H and O–H groups in total. The summed E-state index contributed by atoms with van der Waals surface area (Å²) in [6.45, 7) is 5.58. The molecule has 0 amide bonds. The molecular formula is C12H16N2O2S. The maximum Gasteiger partial charge on any atom is 0.197 e. The number of nitriles is 1. The number of nitrogens with zero attached hydrogens (tertiary/aromatic N) is 2. The van der Waals surface area contributed by atoms with E-state index in [9.17, 15) is 10.2 Å². The van der Waals surface area contributed by atoms with Crippen LogP contribution in [0.5, 0.6) is 0 Å². The third-order valence-corrected chi connectivity index (χ3v) is 3.35. The van der Waals surface area contributed by atoms with Crippen LogP contribution in [0.3, 0.4) is 0 Å². The standard InChI is InChI=1S/C12H16N2O2S/c1-4-17-9-5-8(12(2,3)7-13)6-14-10(9)11(15)16/h5-6,11,15-16H,4H2,1-3H3. The molecule has 5 heteroatoms. The van der Waals surface area contributed by atoms with Crippen molar-refractivity contribution in [3.63, 3.8) is 0 Å². The number of aromatic nitrogens is 1. The van der Waals surface area contributed by atoms with Crippen molar-refractivity contribution in [1.82, 2.24) is 4.98 Å². The zero-order valence-corrected chi connectivity index (χ0v) is 11.0. The Kier molecular flexibility index (Phi) is 4.52. The van der Waals surface area contributed by atoms with Crippen LogP contribution in [0, 0.1) is 11.3 Å². The lowest BCUT2D eigenvalue weighted by molar-refractivity contribution is -0.0480. The van der Waals surface area contributed by atoms with Gasteiger partial charge in [-0.25, -0.2) is 0 Å². The van der Waals surface area contributed by atoms with Crippen molar-refractivity contribution in [2.45, 2.75) is 37.4 Å². The first-order chi connectivity index (χ1) is 7.92. The lowest BCUT2D eigenvalue weighted by Crippen LogP contribution is -2.15. The van der Waals surface area contributed by atoms with Gasteiger partial charge < -0.3 is 10.2 Å². The van der Waals surface area contributed by atoms with E-state index in [0.717, 1.165) is 11.3 Å². The largest absolute Gasteiger partial charge is 0.363 e. The molecule has 0 atom stereocenters. The van der Waals surface area contributed by atoms with Gasteiger partial charge in [0.1, 0.15) is 5.69 Å². The van der Waals surface area contributed by atoms with E-state index in [2.05, 4.69) is 11.1 Å². The van der Waals surface area contributed by atoms with Crippen LogP contribution in [-0.4, -0.2) is 20.9 Å². The second kappa shape index (κ2) is 5.50. The third-order valence-electron chi connectivity index (χ3n) is 2.43. The van der Waals surface area contributed by atoms with Crippen molar-refractivity contribution in [3.8, 4) is 6.07 Å². The first kappa shape index (κ1) is 14.0. The highest BCUT2D eigenvalue weighted by Crippen LogP contribution is 2.30. The molecule has 1 aromatic heterocycles. The summed E-state index contributed by atoms with van der Waals surface area (Å²) < 4.78 is 0. The van der Waals surface area contributed by atoms with Crippen molar-refractivity contribution < 1.29 is 10.2 Å². The Hall–Kier alpha value is -1.09. The third kappa shape index (κ3) is 3.19. The molecule has 0 spiro atoms. The van der Waals surface area contributed by atoms with Gasteiger partial charge in [-0.05, 0) is 31.2 Å². The molecule has 0 aromatic carbocycles. The number of thioether (sulfide) groups is 1. The van der Waals surface area contributed by atoms with Crippen LogP contribution < -0.4 is 0 Å². The highest BCUT2D eigenvalue weighted by molar-refractivity contribution is 7.99. The molecule has 1 aromatic rings. The second-order valence-corrected chi connectivity index (χ2v) is 5.46. The van der Waals surface area contributed by atoms with Crippen molar-refractivity contribution in [2.24, 2.45) is 0 Å². The fourth-order valence-electron chi connectivity index (χ4n) is 1.33. The predicted octanol–water partition coefficient (Wildman–Crippen LogP) is 1.98. The number of pyridine rings is 1. The molecule has 0 bridgehead atoms. The molecule has 0 saturated carbocycles. The monoisotopic (exact) mass is 252 g/mol. The van der Waals surface area contributed by atoms with Crippen molar-refractivity contribution in [2.75, 3.05) is 5.75 Å². The van der Waals surface area contributed by atoms with Gasteiger partial charge in [0, 0.05) is 11.1 Å². The minimum absolute atomic E-state index is 0.245. The van der Waals surface area contributed by atoms with Crippen molar-refractivity contribution in [3.05, 3.63) is 23.5 Å². The van der Waals surface area contributed by atoms with Crippen LogP contribution in [0.4, 0.5) is 0 Å². The molecule has 0 aliphatic rings. The highest BCUT2D eigenvalue weighted by atomic mass is 32.2. The van der Waals surface area contributed by atoms with Crippen LogP contribution in [0.2, 0.25) is 0 Å². The zero-order chi connectivity index (χ0) is 13.1. The summed E-state index contributed by atoms with van der Waals surface area (Å²) in [6.07, 6.45) is -0.0548. The molecule has 1 heterocycles. The summed E-state index contributed by atoms with van der Waals surface area (Å²) in [5, 5.41) is 27.5. The normalized spacial score (nSPS) is 11.6. The Bertz CT molecular complexity index is 439. The van der Waals surface area contributed by atoms with Gasteiger partial charge in [-0.1, -0.05) is 6.92 Å². The van der Waals surface area contributed by atoms with Crippen LogP contribution >= 0.6 is 11.8 Å². The van der Waals surface area contributed by atoms with Gasteiger partial charge in [-0.15, -0.1) is 11.8 Å². The van der Waals surface area contributed by atoms with Crippen LogP contribution in [0.25, 0.3) is 0 Å². The van der Waals surface area contributed by atoms with Crippen molar-refractivity contribution in [1.29, 1.82) is 5.26 Å². The molecule has 0 saturated heterocycles. The van der Waals surface area contributed by atoms with Crippen molar-refractivity contribution >= 4 is 11.8 Å². The van der Waals surface area contributed by atoms with E-state index in [1.54, 1.807) is 19.9 Å². The summed E-state index contributed by atoms with van der Waals surface area (Å²) in [7, 11) is 0. The fraction of sp³-hybridized carbons (Fsp3) is 0.500. The topological polar surface area (TPSA) is 77.1 Å². The van der Waals surface area contributed by atoms with E-state index in [1.807, 2.05) is 6.92 Å². The molecular weight excluding hydrogens is 236 g/mol. The van der Waals surface area contributed by atoms with Gasteiger partial charge >= 0.3 is 0 Å². The lowest BCUT2D eigenvalue weighted by atomic mass is 9.87. The first-order valence-electron chi connectivity index (χ1n) is 5.33. The van der Waals surface area contributed by atoms with E-state index in [0.29, 0.717) is 4.90 Å². The van der Waals surface area contributed by atoms with Gasteiger partial charge in [0.2, 0.25) is 0 Å². The van der Waals surface area contributed by atoms with Crippen LogP contribution in [0.1, 0.15) is 38.3 Å². The number of hydrogen-bond donors (Lipinski definition) is 2. The summed E-state index contributed by atoms with van der Waals surface area (Å²) in [5.74, 6) is 0.803. The molecule has 0 radical (unpaired) electrons. The highest BCUT2D eigenvalue weighted by Gasteiger charge is 2.22. The molecule has 0 unspecified atom stereocenters. The maximum atomic E-state index is 9.20. The summed E-state index contributed by atoms with van der Waals surface area (Å²) in [4.78, 5) is 4.75. The molecule has 0 aliphatic heterocycles. The van der Waals surface area contributed by atoms with Gasteiger partial charge in [-0.2, -0.15) is 5.26 Å². The van der Waals surface area contributed by atoms with E-state index >= 15 is 0 Å². The average molecular weight is 252 g/mol. The average Bonchev–Trinajstić information content (AvgIpc) is 2.29. The summed E-state index contributed by atoms with van der Waals surface area (Å²) in [5.41, 5.74) is 0.393. The Morgan fingerprint density at radius 1 is 1.53 bits per heavy atom. The minimum atomic E-state index is -1.58. The predicted molar refractivity (Wildman–Crippen MR) is 66.5 cm³/mol. The molecule has 17 heavy (non-hydrogen) atoms. The number of aliphatic hydroxyl groups is 2. The van der Waals surface area contributed by atoms with Crippen LogP contribution in [0.15, 0.2) is 17.2 Å². The Labute approximate surface area is 105 Å². The van der Waals surface area contributed by atoms with E-state index < -0.39 is 11.7 Å². The summed E-state index contributed by atoms with van der Waals surface area (Å²) >= 11 is 1.48. The molecule has 0 aliphatic carbocycles. The Morgan fingerprint density at radius 3 is 2.65 bits per heavy atom. The van der Waals surface area contributed by atoms with Gasteiger partial charge in [-0.3, -0.25) is 4.98 Å². The van der Waals surface area contributed by atoms with E-state index in [-0.39, 0.29) is 5.69 Å². The van der Waals surface area contributed by atoms with E-state index in [4.69, 9.17) is 5.26 Å². The van der Waals surface area contributed by atoms with E-state index in [1.165, 1.54) is 18.0 Å². The maximum absolute atomic E-state index is 9.20.